The molecule has 3 nitrogen and oxygen atoms in total. The SMILES string of the molecule is C#C[C@H](O)c1ccncn1. The molecule has 0 aromatic carbocycles. The summed E-state index contributed by atoms with van der Waals surface area (Å²) >= 11 is 0. The van der Waals surface area contributed by atoms with Gasteiger partial charge < -0.3 is 5.11 Å². The Morgan fingerprint density at radius 2 is 2.50 bits per heavy atom. The second-order valence-electron chi connectivity index (χ2n) is 1.70. The van der Waals surface area contributed by atoms with Crippen LogP contribution in [0.25, 0.3) is 0 Å². The number of terminal acetylenes is 1. The summed E-state index contributed by atoms with van der Waals surface area (Å²) in [6.07, 6.45) is 6.90. The summed E-state index contributed by atoms with van der Waals surface area (Å²) in [7, 11) is 0. The molecule has 1 heterocycles. The second-order valence-corrected chi connectivity index (χ2v) is 1.70. The van der Waals surface area contributed by atoms with Crippen LogP contribution in [-0.4, -0.2) is 15.1 Å². The molecule has 1 N–H and O–H groups in total. The minimum Gasteiger partial charge on any atom is -0.374 e. The summed E-state index contributed by atoms with van der Waals surface area (Å²) < 4.78 is 0. The van der Waals surface area contributed by atoms with E-state index >= 15 is 0 Å². The van der Waals surface area contributed by atoms with Crippen molar-refractivity contribution in [1.82, 2.24) is 9.97 Å². The van der Waals surface area contributed by atoms with Gasteiger partial charge in [0.2, 0.25) is 0 Å². The third-order valence-corrected chi connectivity index (χ3v) is 1.04. The Hall–Kier alpha value is -1.40. The van der Waals surface area contributed by atoms with Crippen LogP contribution >= 0.6 is 0 Å². The van der Waals surface area contributed by atoms with E-state index < -0.39 is 6.10 Å². The van der Waals surface area contributed by atoms with Crippen LogP contribution < -0.4 is 0 Å². The predicted molar refractivity (Wildman–Crippen MR) is 35.8 cm³/mol. The molecule has 0 amide bonds. The Labute approximate surface area is 58.8 Å². The van der Waals surface area contributed by atoms with E-state index in [4.69, 9.17) is 11.5 Å². The van der Waals surface area contributed by atoms with E-state index in [1.807, 2.05) is 0 Å². The van der Waals surface area contributed by atoms with Crippen molar-refractivity contribution >= 4 is 0 Å². The fourth-order valence-electron chi connectivity index (χ4n) is 0.548. The van der Waals surface area contributed by atoms with Crippen molar-refractivity contribution in [1.29, 1.82) is 0 Å². The highest BCUT2D eigenvalue weighted by atomic mass is 16.3. The Bertz CT molecular complexity index is 240. The van der Waals surface area contributed by atoms with Gasteiger partial charge in [-0.25, -0.2) is 9.97 Å². The summed E-state index contributed by atoms with van der Waals surface area (Å²) in [6, 6.07) is 1.57. The van der Waals surface area contributed by atoms with Gasteiger partial charge in [0, 0.05) is 6.20 Å². The first-order valence-electron chi connectivity index (χ1n) is 2.74. The average Bonchev–Trinajstić information content (AvgIpc) is 2.05. The van der Waals surface area contributed by atoms with E-state index in [-0.39, 0.29) is 0 Å². The fourth-order valence-corrected chi connectivity index (χ4v) is 0.548. The van der Waals surface area contributed by atoms with Gasteiger partial charge in [0.05, 0.1) is 5.69 Å². The number of nitrogens with zero attached hydrogens (tertiary/aromatic N) is 2. The number of hydrogen-bond acceptors (Lipinski definition) is 3. The Kier molecular flexibility index (Phi) is 1.98. The minimum atomic E-state index is -0.914. The van der Waals surface area contributed by atoms with Gasteiger partial charge in [-0.3, -0.25) is 0 Å². The maximum atomic E-state index is 9.00. The van der Waals surface area contributed by atoms with E-state index in [0.29, 0.717) is 5.69 Å². The van der Waals surface area contributed by atoms with Gasteiger partial charge in [-0.2, -0.15) is 0 Å². The molecule has 1 atom stereocenters. The van der Waals surface area contributed by atoms with Crippen LogP contribution in [0.4, 0.5) is 0 Å². The summed E-state index contributed by atoms with van der Waals surface area (Å²) in [5, 5.41) is 9.00. The number of rotatable bonds is 1. The van der Waals surface area contributed by atoms with Crippen molar-refractivity contribution in [3.05, 3.63) is 24.3 Å². The van der Waals surface area contributed by atoms with Crippen LogP contribution in [0.2, 0.25) is 0 Å². The van der Waals surface area contributed by atoms with Gasteiger partial charge in [-0.05, 0) is 6.07 Å². The van der Waals surface area contributed by atoms with Gasteiger partial charge in [-0.1, -0.05) is 5.92 Å². The molecule has 0 saturated carbocycles. The maximum absolute atomic E-state index is 9.00. The summed E-state index contributed by atoms with van der Waals surface area (Å²) in [5.41, 5.74) is 0.456. The smallest absolute Gasteiger partial charge is 0.156 e. The third kappa shape index (κ3) is 1.30. The van der Waals surface area contributed by atoms with Crippen LogP contribution in [0.3, 0.4) is 0 Å². The van der Waals surface area contributed by atoms with Crippen molar-refractivity contribution in [3.63, 3.8) is 0 Å². The van der Waals surface area contributed by atoms with Gasteiger partial charge in [0.15, 0.2) is 6.10 Å². The molecule has 0 bridgehead atoms. The number of hydrogen-bond donors (Lipinski definition) is 1. The summed E-state index contributed by atoms with van der Waals surface area (Å²) in [5.74, 6) is 2.15. The van der Waals surface area contributed by atoms with E-state index in [9.17, 15) is 0 Å². The van der Waals surface area contributed by atoms with Crippen LogP contribution in [0, 0.1) is 12.3 Å². The van der Waals surface area contributed by atoms with E-state index in [1.165, 1.54) is 12.5 Å². The number of aliphatic hydroxyl groups excluding tert-OH is 1. The molecular formula is C7H6N2O. The first-order valence-corrected chi connectivity index (χ1v) is 2.74. The lowest BCUT2D eigenvalue weighted by molar-refractivity contribution is 0.233. The summed E-state index contributed by atoms with van der Waals surface area (Å²) in [6.45, 7) is 0. The lowest BCUT2D eigenvalue weighted by atomic mass is 10.2. The Morgan fingerprint density at radius 3 is 3.00 bits per heavy atom. The molecule has 0 saturated heterocycles. The molecule has 0 aliphatic carbocycles. The van der Waals surface area contributed by atoms with Gasteiger partial charge in [0.1, 0.15) is 6.33 Å². The molecule has 0 unspecified atom stereocenters. The molecule has 0 radical (unpaired) electrons. The first-order chi connectivity index (χ1) is 4.84. The molecule has 1 aromatic rings. The van der Waals surface area contributed by atoms with Crippen LogP contribution in [0.15, 0.2) is 18.6 Å². The van der Waals surface area contributed by atoms with Crippen LogP contribution in [-0.2, 0) is 0 Å². The number of aliphatic hydroxyl groups is 1. The van der Waals surface area contributed by atoms with Crippen molar-refractivity contribution in [2.75, 3.05) is 0 Å². The van der Waals surface area contributed by atoms with Crippen LogP contribution in [0.1, 0.15) is 11.8 Å². The molecule has 3 heteroatoms. The molecule has 1 aromatic heterocycles. The monoisotopic (exact) mass is 134 g/mol. The standard InChI is InChI=1S/C7H6N2O/c1-2-7(10)6-3-4-8-5-9-6/h1,3-5,7,10H/t7-/m0/s1. The Balaban J connectivity index is 2.88. The maximum Gasteiger partial charge on any atom is 0.156 e. The van der Waals surface area contributed by atoms with E-state index in [0.717, 1.165) is 0 Å². The lowest BCUT2D eigenvalue weighted by Crippen LogP contribution is -1.96. The normalized spacial score (nSPS) is 12.0. The summed E-state index contributed by atoms with van der Waals surface area (Å²) in [4.78, 5) is 7.42. The first kappa shape index (κ1) is 6.72. The quantitative estimate of drug-likeness (QED) is 0.556. The van der Waals surface area contributed by atoms with Crippen LogP contribution in [0.5, 0.6) is 0 Å². The van der Waals surface area contributed by atoms with Gasteiger partial charge in [-0.15, -0.1) is 6.42 Å². The van der Waals surface area contributed by atoms with Crippen molar-refractivity contribution in [2.45, 2.75) is 6.10 Å². The largest absolute Gasteiger partial charge is 0.374 e. The molecular weight excluding hydrogens is 128 g/mol. The van der Waals surface area contributed by atoms with Crippen molar-refractivity contribution in [3.8, 4) is 12.3 Å². The molecule has 1 rings (SSSR count). The fraction of sp³-hybridized carbons (Fsp3) is 0.143. The van der Waals surface area contributed by atoms with Gasteiger partial charge >= 0.3 is 0 Å². The lowest BCUT2D eigenvalue weighted by Gasteiger charge is -1.98. The molecule has 50 valence electrons. The molecule has 0 spiro atoms. The van der Waals surface area contributed by atoms with Crippen molar-refractivity contribution in [2.24, 2.45) is 0 Å². The molecule has 0 aliphatic heterocycles. The molecule has 0 fully saturated rings. The topological polar surface area (TPSA) is 46.0 Å². The minimum absolute atomic E-state index is 0.456. The third-order valence-electron chi connectivity index (χ3n) is 1.04. The van der Waals surface area contributed by atoms with Crippen molar-refractivity contribution < 1.29 is 5.11 Å². The zero-order valence-electron chi connectivity index (χ0n) is 5.23. The Morgan fingerprint density at radius 1 is 1.70 bits per heavy atom. The molecule has 0 aliphatic rings. The second kappa shape index (κ2) is 2.95. The van der Waals surface area contributed by atoms with E-state index in [2.05, 4.69) is 15.9 Å². The zero-order chi connectivity index (χ0) is 7.40. The zero-order valence-corrected chi connectivity index (χ0v) is 5.23. The van der Waals surface area contributed by atoms with E-state index in [1.54, 1.807) is 6.07 Å². The average molecular weight is 134 g/mol. The van der Waals surface area contributed by atoms with Gasteiger partial charge in [0.25, 0.3) is 0 Å². The number of aromatic nitrogens is 2. The highest BCUT2D eigenvalue weighted by Crippen LogP contribution is 2.04. The molecule has 10 heavy (non-hydrogen) atoms. The highest BCUT2D eigenvalue weighted by molar-refractivity contribution is 5.12. The highest BCUT2D eigenvalue weighted by Gasteiger charge is 2.01. The predicted octanol–water partition coefficient (Wildman–Crippen LogP) is 0.143.